The van der Waals surface area contributed by atoms with Crippen LogP contribution in [0.25, 0.3) is 11.3 Å². The molecule has 1 saturated carbocycles. The third-order valence-electron chi connectivity index (χ3n) is 4.69. The second-order valence-electron chi connectivity index (χ2n) is 6.49. The van der Waals surface area contributed by atoms with Crippen LogP contribution in [0.2, 0.25) is 0 Å². The fraction of sp³-hybridized carbons (Fsp3) is 0.474. The molecule has 1 aliphatic carbocycles. The Bertz CT molecular complexity index is 700. The van der Waals surface area contributed by atoms with Crippen molar-refractivity contribution in [3.63, 3.8) is 0 Å². The third-order valence-corrected chi connectivity index (χ3v) is 5.28. The molecule has 0 spiro atoms. The van der Waals surface area contributed by atoms with Gasteiger partial charge in [0.15, 0.2) is 0 Å². The molecule has 1 aromatic heterocycles. The average molecular weight is 373 g/mol. The highest BCUT2D eigenvalue weighted by atomic mass is 35.5. The Kier molecular flexibility index (Phi) is 5.32. The molecule has 1 aliphatic rings. The van der Waals surface area contributed by atoms with Gasteiger partial charge >= 0.3 is 6.36 Å². The number of alkyl halides is 4. The van der Waals surface area contributed by atoms with Gasteiger partial charge in [0.1, 0.15) is 17.3 Å². The smallest absolute Gasteiger partial charge is 0.461 e. The Morgan fingerprint density at radius 2 is 1.76 bits per heavy atom. The van der Waals surface area contributed by atoms with Gasteiger partial charge in [-0.2, -0.15) is 0 Å². The minimum absolute atomic E-state index is 0.0920. The van der Waals surface area contributed by atoms with Gasteiger partial charge in [-0.15, -0.1) is 24.8 Å². The maximum Gasteiger partial charge on any atom is 0.573 e. The summed E-state index contributed by atoms with van der Waals surface area (Å²) in [5, 5.41) is -0.0920. The van der Waals surface area contributed by atoms with Crippen LogP contribution in [0, 0.1) is 12.8 Å². The topological polar surface area (TPSA) is 22.4 Å². The number of furan rings is 1. The molecule has 3 rings (SSSR count). The second kappa shape index (κ2) is 7.32. The SMILES string of the molecule is Cc1oc(-c2ccc(OC(F)(F)F)cc2)cc1C(Cl)C1CCCCC1. The maximum absolute atomic E-state index is 12.2. The zero-order valence-electron chi connectivity index (χ0n) is 13.9. The van der Waals surface area contributed by atoms with Crippen molar-refractivity contribution in [3.05, 3.63) is 41.7 Å². The highest BCUT2D eigenvalue weighted by molar-refractivity contribution is 6.21. The van der Waals surface area contributed by atoms with Gasteiger partial charge < -0.3 is 9.15 Å². The summed E-state index contributed by atoms with van der Waals surface area (Å²) in [5.41, 5.74) is 1.66. The quantitative estimate of drug-likeness (QED) is 0.538. The van der Waals surface area contributed by atoms with E-state index in [9.17, 15) is 13.2 Å². The van der Waals surface area contributed by atoms with Crippen LogP contribution in [0.1, 0.15) is 48.8 Å². The predicted octanol–water partition coefficient (Wildman–Crippen LogP) is 7.01. The van der Waals surface area contributed by atoms with Gasteiger partial charge in [-0.3, -0.25) is 0 Å². The number of rotatable bonds is 4. The Labute approximate surface area is 149 Å². The van der Waals surface area contributed by atoms with Crippen LogP contribution in [0.4, 0.5) is 13.2 Å². The first-order valence-electron chi connectivity index (χ1n) is 8.44. The number of aryl methyl sites for hydroxylation is 1. The summed E-state index contributed by atoms with van der Waals surface area (Å²) in [6.45, 7) is 1.87. The van der Waals surface area contributed by atoms with Crippen LogP contribution in [0.15, 0.2) is 34.7 Å². The van der Waals surface area contributed by atoms with E-state index >= 15 is 0 Å². The van der Waals surface area contributed by atoms with E-state index in [-0.39, 0.29) is 11.1 Å². The number of hydrogen-bond donors (Lipinski definition) is 0. The van der Waals surface area contributed by atoms with E-state index in [0.29, 0.717) is 17.2 Å². The summed E-state index contributed by atoms with van der Waals surface area (Å²) in [7, 11) is 0. The Morgan fingerprint density at radius 3 is 2.36 bits per heavy atom. The Hall–Kier alpha value is -1.62. The fourth-order valence-corrected chi connectivity index (χ4v) is 3.88. The van der Waals surface area contributed by atoms with Crippen LogP contribution in [-0.2, 0) is 0 Å². The average Bonchev–Trinajstić information content (AvgIpc) is 2.96. The highest BCUT2D eigenvalue weighted by Crippen LogP contribution is 2.42. The van der Waals surface area contributed by atoms with Gasteiger partial charge in [-0.05, 0) is 56.0 Å². The summed E-state index contributed by atoms with van der Waals surface area (Å²) in [6, 6.07) is 7.56. The lowest BCUT2D eigenvalue weighted by molar-refractivity contribution is -0.274. The van der Waals surface area contributed by atoms with Crippen molar-refractivity contribution in [2.75, 3.05) is 0 Å². The highest BCUT2D eigenvalue weighted by Gasteiger charge is 2.31. The molecule has 2 nitrogen and oxygen atoms in total. The molecule has 0 bridgehead atoms. The molecule has 136 valence electrons. The lowest BCUT2D eigenvalue weighted by atomic mass is 9.84. The van der Waals surface area contributed by atoms with Crippen molar-refractivity contribution in [2.45, 2.75) is 50.8 Å². The molecule has 1 aromatic carbocycles. The second-order valence-corrected chi connectivity index (χ2v) is 6.96. The van der Waals surface area contributed by atoms with Crippen molar-refractivity contribution in [3.8, 4) is 17.1 Å². The normalized spacial score (nSPS) is 17.5. The molecule has 0 saturated heterocycles. The Balaban J connectivity index is 1.77. The van der Waals surface area contributed by atoms with Gasteiger partial charge in [0.05, 0.1) is 5.38 Å². The van der Waals surface area contributed by atoms with Crippen LogP contribution in [0.3, 0.4) is 0 Å². The van der Waals surface area contributed by atoms with E-state index in [4.69, 9.17) is 16.0 Å². The van der Waals surface area contributed by atoms with Crippen molar-refractivity contribution in [2.24, 2.45) is 5.92 Å². The number of benzene rings is 1. The summed E-state index contributed by atoms with van der Waals surface area (Å²) >= 11 is 6.68. The van der Waals surface area contributed by atoms with Crippen molar-refractivity contribution >= 4 is 11.6 Å². The van der Waals surface area contributed by atoms with Gasteiger partial charge in [0, 0.05) is 11.1 Å². The first-order chi connectivity index (χ1) is 11.8. The van der Waals surface area contributed by atoms with E-state index < -0.39 is 6.36 Å². The molecule has 0 radical (unpaired) electrons. The Morgan fingerprint density at radius 1 is 1.12 bits per heavy atom. The molecule has 25 heavy (non-hydrogen) atoms. The summed E-state index contributed by atoms with van der Waals surface area (Å²) in [5.74, 6) is 1.56. The lowest BCUT2D eigenvalue weighted by Gasteiger charge is -2.25. The minimum atomic E-state index is -4.69. The van der Waals surface area contributed by atoms with Crippen LogP contribution in [0.5, 0.6) is 5.75 Å². The summed E-state index contributed by atoms with van der Waals surface area (Å²) in [6.07, 6.45) is 1.23. The fourth-order valence-electron chi connectivity index (χ4n) is 3.41. The molecule has 1 fully saturated rings. The summed E-state index contributed by atoms with van der Waals surface area (Å²) < 4.78 is 46.4. The standard InChI is InChI=1S/C19H20ClF3O2/c1-12-16(18(20)14-5-3-2-4-6-14)11-17(24-12)13-7-9-15(10-8-13)25-19(21,22)23/h7-11,14,18H,2-6H2,1H3. The first kappa shape index (κ1) is 18.2. The zero-order chi connectivity index (χ0) is 18.0. The van der Waals surface area contributed by atoms with E-state index in [1.807, 2.05) is 13.0 Å². The molecule has 1 unspecified atom stereocenters. The number of ether oxygens (including phenoxy) is 1. The molecule has 0 amide bonds. The zero-order valence-corrected chi connectivity index (χ0v) is 14.7. The van der Waals surface area contributed by atoms with Crippen molar-refractivity contribution < 1.29 is 22.3 Å². The van der Waals surface area contributed by atoms with Crippen LogP contribution < -0.4 is 4.74 Å². The van der Waals surface area contributed by atoms with E-state index in [2.05, 4.69) is 4.74 Å². The van der Waals surface area contributed by atoms with Gasteiger partial charge in [-0.25, -0.2) is 0 Å². The van der Waals surface area contributed by atoms with E-state index in [1.165, 1.54) is 31.4 Å². The summed E-state index contributed by atoms with van der Waals surface area (Å²) in [4.78, 5) is 0. The number of hydrogen-bond acceptors (Lipinski definition) is 2. The molecule has 1 atom stereocenters. The minimum Gasteiger partial charge on any atom is -0.461 e. The van der Waals surface area contributed by atoms with E-state index in [1.54, 1.807) is 12.1 Å². The van der Waals surface area contributed by atoms with Gasteiger partial charge in [0.2, 0.25) is 0 Å². The molecular weight excluding hydrogens is 353 g/mol. The maximum atomic E-state index is 12.2. The molecule has 0 aliphatic heterocycles. The lowest BCUT2D eigenvalue weighted by Crippen LogP contribution is -2.16. The van der Waals surface area contributed by atoms with Crippen LogP contribution in [-0.4, -0.2) is 6.36 Å². The molecule has 0 N–H and O–H groups in total. The number of halogens is 4. The molecular formula is C19H20ClF3O2. The first-order valence-corrected chi connectivity index (χ1v) is 8.88. The largest absolute Gasteiger partial charge is 0.573 e. The van der Waals surface area contributed by atoms with Crippen molar-refractivity contribution in [1.82, 2.24) is 0 Å². The predicted molar refractivity (Wildman–Crippen MR) is 90.7 cm³/mol. The van der Waals surface area contributed by atoms with Crippen molar-refractivity contribution in [1.29, 1.82) is 0 Å². The molecule has 1 heterocycles. The molecule has 6 heteroatoms. The third kappa shape index (κ3) is 4.51. The van der Waals surface area contributed by atoms with Crippen LogP contribution >= 0.6 is 11.6 Å². The van der Waals surface area contributed by atoms with E-state index in [0.717, 1.165) is 24.2 Å². The van der Waals surface area contributed by atoms with Gasteiger partial charge in [-0.1, -0.05) is 19.3 Å². The van der Waals surface area contributed by atoms with Gasteiger partial charge in [0.25, 0.3) is 0 Å². The monoisotopic (exact) mass is 372 g/mol. The molecule has 2 aromatic rings.